The van der Waals surface area contributed by atoms with Crippen LogP contribution in [0, 0.1) is 0 Å². The molecule has 1 N–H and O–H groups in total. The van der Waals surface area contributed by atoms with E-state index in [1.54, 1.807) is 7.11 Å². The average molecular weight is 305 g/mol. The first-order chi connectivity index (χ1) is 10.3. The Hall–Kier alpha value is -0.670. The molecule has 0 radical (unpaired) electrons. The van der Waals surface area contributed by atoms with E-state index in [0.717, 1.165) is 22.8 Å². The lowest BCUT2D eigenvalue weighted by molar-refractivity contribution is 0.411. The van der Waals surface area contributed by atoms with Crippen LogP contribution in [0.25, 0.3) is 0 Å². The van der Waals surface area contributed by atoms with Gasteiger partial charge in [0, 0.05) is 16.5 Å². The summed E-state index contributed by atoms with van der Waals surface area (Å²) in [5.74, 6) is 0.992. The third-order valence-corrected chi connectivity index (χ3v) is 6.56. The molecule has 0 spiro atoms. The summed E-state index contributed by atoms with van der Waals surface area (Å²) in [5.41, 5.74) is 2.97. The van der Waals surface area contributed by atoms with Crippen molar-refractivity contribution in [1.82, 2.24) is 5.32 Å². The second kappa shape index (κ2) is 7.06. The van der Waals surface area contributed by atoms with Crippen LogP contribution >= 0.6 is 11.8 Å². The van der Waals surface area contributed by atoms with Gasteiger partial charge in [-0.15, -0.1) is 0 Å². The summed E-state index contributed by atoms with van der Waals surface area (Å²) in [5, 5.41) is 5.37. The Balaban J connectivity index is 1.79. The number of benzene rings is 1. The Morgan fingerprint density at radius 2 is 2.05 bits per heavy atom. The van der Waals surface area contributed by atoms with Crippen molar-refractivity contribution in [2.24, 2.45) is 0 Å². The number of aryl methyl sites for hydroxylation is 1. The van der Waals surface area contributed by atoms with Gasteiger partial charge in [0.1, 0.15) is 5.75 Å². The van der Waals surface area contributed by atoms with Gasteiger partial charge in [-0.3, -0.25) is 0 Å². The van der Waals surface area contributed by atoms with E-state index in [-0.39, 0.29) is 0 Å². The molecule has 0 heterocycles. The van der Waals surface area contributed by atoms with E-state index >= 15 is 0 Å². The van der Waals surface area contributed by atoms with Crippen molar-refractivity contribution in [2.45, 2.75) is 62.0 Å². The van der Waals surface area contributed by atoms with Gasteiger partial charge < -0.3 is 10.1 Å². The number of nitrogens with one attached hydrogen (secondary N) is 1. The van der Waals surface area contributed by atoms with E-state index in [1.165, 1.54) is 49.7 Å². The monoisotopic (exact) mass is 305 g/mol. The molecular weight excluding hydrogens is 278 g/mol. The topological polar surface area (TPSA) is 21.3 Å². The van der Waals surface area contributed by atoms with Crippen molar-refractivity contribution in [1.29, 1.82) is 0 Å². The molecule has 2 unspecified atom stereocenters. The molecule has 2 nitrogen and oxygen atoms in total. The number of rotatable bonds is 5. The second-order valence-electron chi connectivity index (χ2n) is 6.22. The number of ether oxygens (including phenoxy) is 1. The quantitative estimate of drug-likeness (QED) is 0.874. The molecule has 2 aliphatic carbocycles. The molecule has 21 heavy (non-hydrogen) atoms. The molecule has 3 rings (SSSR count). The predicted octanol–water partition coefficient (Wildman–Crippen LogP) is 4.34. The highest BCUT2D eigenvalue weighted by Crippen LogP contribution is 2.43. The largest absolute Gasteiger partial charge is 0.497 e. The minimum Gasteiger partial charge on any atom is -0.497 e. The summed E-state index contributed by atoms with van der Waals surface area (Å²) in [6, 6.07) is 7.14. The highest BCUT2D eigenvalue weighted by Gasteiger charge is 2.32. The molecule has 1 aromatic rings. The Morgan fingerprint density at radius 3 is 2.76 bits per heavy atom. The smallest absolute Gasteiger partial charge is 0.119 e. The Morgan fingerprint density at radius 1 is 1.24 bits per heavy atom. The first-order valence-electron chi connectivity index (χ1n) is 8.37. The normalized spacial score (nSPS) is 25.8. The van der Waals surface area contributed by atoms with Gasteiger partial charge in [-0.25, -0.2) is 0 Å². The number of methoxy groups -OCH3 is 1. The highest BCUT2D eigenvalue weighted by molar-refractivity contribution is 8.00. The number of thioether (sulfide) groups is 1. The van der Waals surface area contributed by atoms with Gasteiger partial charge in [-0.05, 0) is 55.5 Å². The van der Waals surface area contributed by atoms with Crippen molar-refractivity contribution in [3.05, 3.63) is 29.3 Å². The maximum atomic E-state index is 5.38. The van der Waals surface area contributed by atoms with Gasteiger partial charge >= 0.3 is 0 Å². The summed E-state index contributed by atoms with van der Waals surface area (Å²) in [6.07, 6.45) is 8.21. The third-order valence-electron chi connectivity index (χ3n) is 4.85. The van der Waals surface area contributed by atoms with Crippen molar-refractivity contribution in [3.63, 3.8) is 0 Å². The Kier molecular flexibility index (Phi) is 5.12. The number of hydrogen-bond acceptors (Lipinski definition) is 3. The Bertz CT molecular complexity index is 470. The molecule has 0 bridgehead atoms. The zero-order chi connectivity index (χ0) is 14.7. The SMILES string of the molecule is CCNC1c2ccc(OC)cc2CCC1SC1CCCC1. The first kappa shape index (κ1) is 15.2. The zero-order valence-electron chi connectivity index (χ0n) is 13.2. The standard InChI is InChI=1S/C18H27NOS/c1-3-19-18-16-10-9-14(20-2)12-13(16)8-11-17(18)21-15-6-4-5-7-15/h9-10,12,15,17-19H,3-8,11H2,1-2H3. The zero-order valence-corrected chi connectivity index (χ0v) is 14.0. The van der Waals surface area contributed by atoms with Crippen LogP contribution in [0.5, 0.6) is 5.75 Å². The molecule has 0 amide bonds. The van der Waals surface area contributed by atoms with Crippen LogP contribution in [-0.2, 0) is 6.42 Å². The third kappa shape index (κ3) is 3.40. The molecule has 0 aliphatic heterocycles. The van der Waals surface area contributed by atoms with Gasteiger partial charge in [-0.1, -0.05) is 25.8 Å². The molecule has 116 valence electrons. The van der Waals surface area contributed by atoms with E-state index < -0.39 is 0 Å². The van der Waals surface area contributed by atoms with Crippen LogP contribution in [0.15, 0.2) is 18.2 Å². The summed E-state index contributed by atoms with van der Waals surface area (Å²) >= 11 is 2.26. The molecule has 2 aliphatic rings. The fourth-order valence-corrected chi connectivity index (χ4v) is 5.53. The van der Waals surface area contributed by atoms with Crippen molar-refractivity contribution in [2.75, 3.05) is 13.7 Å². The van der Waals surface area contributed by atoms with Gasteiger partial charge in [0.2, 0.25) is 0 Å². The lowest BCUT2D eigenvalue weighted by Gasteiger charge is -2.35. The van der Waals surface area contributed by atoms with Crippen molar-refractivity contribution >= 4 is 11.8 Å². The average Bonchev–Trinajstić information content (AvgIpc) is 3.02. The van der Waals surface area contributed by atoms with Gasteiger partial charge in [0.05, 0.1) is 7.11 Å². The van der Waals surface area contributed by atoms with Crippen LogP contribution in [-0.4, -0.2) is 24.2 Å². The summed E-state index contributed by atoms with van der Waals surface area (Å²) in [4.78, 5) is 0. The maximum absolute atomic E-state index is 5.38. The fourth-order valence-electron chi connectivity index (χ4n) is 3.77. The van der Waals surface area contributed by atoms with Gasteiger partial charge in [-0.2, -0.15) is 11.8 Å². The van der Waals surface area contributed by atoms with E-state index in [2.05, 4.69) is 42.2 Å². The van der Waals surface area contributed by atoms with Crippen LogP contribution in [0.3, 0.4) is 0 Å². The highest BCUT2D eigenvalue weighted by atomic mass is 32.2. The van der Waals surface area contributed by atoms with Gasteiger partial charge in [0.15, 0.2) is 0 Å². The molecule has 2 atom stereocenters. The second-order valence-corrected chi connectivity index (χ2v) is 7.76. The van der Waals surface area contributed by atoms with E-state index in [4.69, 9.17) is 4.74 Å². The van der Waals surface area contributed by atoms with Crippen LogP contribution in [0.2, 0.25) is 0 Å². The minimum atomic E-state index is 0.509. The van der Waals surface area contributed by atoms with E-state index in [1.807, 2.05) is 0 Å². The predicted molar refractivity (Wildman–Crippen MR) is 91.4 cm³/mol. The number of hydrogen-bond donors (Lipinski definition) is 1. The van der Waals surface area contributed by atoms with E-state index in [0.29, 0.717) is 6.04 Å². The molecule has 1 fully saturated rings. The summed E-state index contributed by atoms with van der Waals surface area (Å²) in [7, 11) is 1.76. The maximum Gasteiger partial charge on any atom is 0.119 e. The van der Waals surface area contributed by atoms with Gasteiger partial charge in [0.25, 0.3) is 0 Å². The summed E-state index contributed by atoms with van der Waals surface area (Å²) in [6.45, 7) is 3.26. The molecule has 1 aromatic carbocycles. The first-order valence-corrected chi connectivity index (χ1v) is 9.31. The lowest BCUT2D eigenvalue weighted by Crippen LogP contribution is -2.35. The summed E-state index contributed by atoms with van der Waals surface area (Å²) < 4.78 is 5.38. The minimum absolute atomic E-state index is 0.509. The van der Waals surface area contributed by atoms with Crippen molar-refractivity contribution < 1.29 is 4.74 Å². The van der Waals surface area contributed by atoms with Crippen LogP contribution in [0.4, 0.5) is 0 Å². The van der Waals surface area contributed by atoms with E-state index in [9.17, 15) is 0 Å². The Labute approximate surface area is 133 Å². The lowest BCUT2D eigenvalue weighted by atomic mass is 9.87. The molecule has 0 saturated heterocycles. The fraction of sp³-hybridized carbons (Fsp3) is 0.667. The van der Waals surface area contributed by atoms with Crippen molar-refractivity contribution in [3.8, 4) is 5.75 Å². The molecule has 3 heteroatoms. The number of fused-ring (bicyclic) bond motifs is 1. The van der Waals surface area contributed by atoms with Crippen LogP contribution < -0.4 is 10.1 Å². The van der Waals surface area contributed by atoms with Crippen LogP contribution in [0.1, 0.15) is 56.2 Å². The molecule has 0 aromatic heterocycles. The molecular formula is C18H27NOS. The molecule has 1 saturated carbocycles.